The summed E-state index contributed by atoms with van der Waals surface area (Å²) in [6.07, 6.45) is 2.96. The molecule has 1 heterocycles. The number of hydrogen-bond donors (Lipinski definition) is 2. The van der Waals surface area contributed by atoms with Crippen molar-refractivity contribution in [1.29, 1.82) is 0 Å². The number of halogens is 1. The molecule has 0 atom stereocenters. The van der Waals surface area contributed by atoms with Crippen LogP contribution in [0.3, 0.4) is 0 Å². The van der Waals surface area contributed by atoms with E-state index < -0.39 is 11.8 Å². The predicted molar refractivity (Wildman–Crippen MR) is 105 cm³/mol. The summed E-state index contributed by atoms with van der Waals surface area (Å²) < 4.78 is 5.08. The summed E-state index contributed by atoms with van der Waals surface area (Å²) in [6, 6.07) is 17.4. The minimum absolute atomic E-state index is 0.0827. The quantitative estimate of drug-likeness (QED) is 0.633. The molecule has 0 aliphatic rings. The number of benzene rings is 2. The second-order valence-corrected chi connectivity index (χ2v) is 6.30. The predicted octanol–water partition coefficient (Wildman–Crippen LogP) is 4.65. The minimum Gasteiger partial charge on any atom is -0.459 e. The van der Waals surface area contributed by atoms with Crippen LogP contribution in [0.25, 0.3) is 6.08 Å². The smallest absolute Gasteiger partial charge is 0.291 e. The fourth-order valence-corrected chi connectivity index (χ4v) is 2.44. The highest BCUT2D eigenvalue weighted by atomic mass is 35.5. The molecule has 0 aliphatic carbocycles. The fourth-order valence-electron chi connectivity index (χ4n) is 2.31. The summed E-state index contributed by atoms with van der Waals surface area (Å²) in [4.78, 5) is 25.0. The Labute approximate surface area is 161 Å². The van der Waals surface area contributed by atoms with Gasteiger partial charge in [0, 0.05) is 10.7 Å². The molecule has 2 N–H and O–H groups in total. The van der Waals surface area contributed by atoms with Crippen molar-refractivity contribution in [3.63, 3.8) is 0 Å². The Morgan fingerprint density at radius 1 is 1.00 bits per heavy atom. The van der Waals surface area contributed by atoms with Crippen LogP contribution in [0.15, 0.2) is 77.0 Å². The van der Waals surface area contributed by atoms with Crippen LogP contribution in [0.2, 0.25) is 5.02 Å². The molecular formula is C21H17ClN2O3. The van der Waals surface area contributed by atoms with E-state index >= 15 is 0 Å². The third kappa shape index (κ3) is 5.09. The average molecular weight is 381 g/mol. The lowest BCUT2D eigenvalue weighted by atomic mass is 10.1. The van der Waals surface area contributed by atoms with E-state index in [9.17, 15) is 9.59 Å². The maximum absolute atomic E-state index is 12.7. The van der Waals surface area contributed by atoms with Crippen molar-refractivity contribution in [1.82, 2.24) is 5.32 Å². The zero-order valence-electron chi connectivity index (χ0n) is 14.5. The molecule has 0 bridgehead atoms. The molecule has 0 unspecified atom stereocenters. The van der Waals surface area contributed by atoms with E-state index in [1.807, 2.05) is 19.1 Å². The Hall–Kier alpha value is -3.31. The molecule has 6 heteroatoms. The summed E-state index contributed by atoms with van der Waals surface area (Å²) in [6.45, 7) is 1.96. The molecule has 0 spiro atoms. The van der Waals surface area contributed by atoms with Gasteiger partial charge in [0.25, 0.3) is 11.8 Å². The van der Waals surface area contributed by atoms with E-state index in [4.69, 9.17) is 16.0 Å². The monoisotopic (exact) mass is 380 g/mol. The van der Waals surface area contributed by atoms with E-state index in [1.54, 1.807) is 48.5 Å². The van der Waals surface area contributed by atoms with Gasteiger partial charge in [-0.25, -0.2) is 0 Å². The first-order valence-corrected chi connectivity index (χ1v) is 8.59. The molecule has 0 saturated carbocycles. The van der Waals surface area contributed by atoms with Crippen LogP contribution in [-0.2, 0) is 4.79 Å². The Bertz CT molecular complexity index is 960. The molecular weight excluding hydrogens is 364 g/mol. The summed E-state index contributed by atoms with van der Waals surface area (Å²) in [7, 11) is 0. The van der Waals surface area contributed by atoms with Gasteiger partial charge in [0.2, 0.25) is 0 Å². The van der Waals surface area contributed by atoms with Gasteiger partial charge in [0.1, 0.15) is 5.70 Å². The van der Waals surface area contributed by atoms with Gasteiger partial charge in [-0.3, -0.25) is 9.59 Å². The van der Waals surface area contributed by atoms with Crippen LogP contribution in [0.5, 0.6) is 0 Å². The normalized spacial score (nSPS) is 11.1. The van der Waals surface area contributed by atoms with Gasteiger partial charge in [-0.15, -0.1) is 0 Å². The summed E-state index contributed by atoms with van der Waals surface area (Å²) in [5, 5.41) is 5.95. The molecule has 0 aliphatic heterocycles. The Balaban J connectivity index is 1.85. The summed E-state index contributed by atoms with van der Waals surface area (Å²) in [5.74, 6) is -0.854. The van der Waals surface area contributed by atoms with Crippen molar-refractivity contribution < 1.29 is 14.0 Å². The number of rotatable bonds is 5. The fraction of sp³-hybridized carbons (Fsp3) is 0.0476. The van der Waals surface area contributed by atoms with Crippen molar-refractivity contribution in [2.24, 2.45) is 0 Å². The summed E-state index contributed by atoms with van der Waals surface area (Å²) >= 11 is 5.90. The Morgan fingerprint density at radius 3 is 2.33 bits per heavy atom. The maximum Gasteiger partial charge on any atom is 0.291 e. The highest BCUT2D eigenvalue weighted by Crippen LogP contribution is 2.14. The molecule has 5 nitrogen and oxygen atoms in total. The van der Waals surface area contributed by atoms with Crippen LogP contribution in [0, 0.1) is 6.92 Å². The van der Waals surface area contributed by atoms with Gasteiger partial charge < -0.3 is 15.1 Å². The van der Waals surface area contributed by atoms with E-state index in [1.165, 1.54) is 12.3 Å². The first kappa shape index (κ1) is 18.5. The van der Waals surface area contributed by atoms with Crippen molar-refractivity contribution in [2.75, 3.05) is 5.32 Å². The minimum atomic E-state index is -0.515. The van der Waals surface area contributed by atoms with Crippen molar-refractivity contribution in [2.45, 2.75) is 6.92 Å². The van der Waals surface area contributed by atoms with Crippen LogP contribution in [0.4, 0.5) is 5.69 Å². The highest BCUT2D eigenvalue weighted by molar-refractivity contribution is 6.30. The van der Waals surface area contributed by atoms with Crippen LogP contribution in [-0.4, -0.2) is 11.8 Å². The molecule has 0 saturated heterocycles. The second-order valence-electron chi connectivity index (χ2n) is 5.86. The largest absolute Gasteiger partial charge is 0.459 e. The van der Waals surface area contributed by atoms with Gasteiger partial charge in [-0.2, -0.15) is 0 Å². The number of carbonyl (C=O) groups is 2. The highest BCUT2D eigenvalue weighted by Gasteiger charge is 2.16. The second kappa shape index (κ2) is 8.38. The zero-order chi connectivity index (χ0) is 19.2. The number of carbonyl (C=O) groups excluding carboxylic acids is 2. The first-order valence-electron chi connectivity index (χ1n) is 8.21. The molecule has 1 aromatic heterocycles. The maximum atomic E-state index is 12.7. The third-order valence-corrected chi connectivity index (χ3v) is 3.98. The molecule has 3 aromatic rings. The SMILES string of the molecule is Cc1ccc(NC(=O)/C(=C/c2ccc(Cl)cc2)NC(=O)c2ccco2)cc1. The van der Waals surface area contributed by atoms with Gasteiger partial charge in [-0.1, -0.05) is 41.4 Å². The van der Waals surface area contributed by atoms with E-state index in [-0.39, 0.29) is 11.5 Å². The van der Waals surface area contributed by atoms with Crippen molar-refractivity contribution in [3.05, 3.63) is 94.5 Å². The van der Waals surface area contributed by atoms with Gasteiger partial charge in [-0.05, 0) is 55.0 Å². The van der Waals surface area contributed by atoms with Gasteiger partial charge in [0.05, 0.1) is 6.26 Å². The first-order chi connectivity index (χ1) is 13.0. The lowest BCUT2D eigenvalue weighted by Crippen LogP contribution is -2.30. The molecule has 2 amide bonds. The number of aryl methyl sites for hydroxylation is 1. The lowest BCUT2D eigenvalue weighted by Gasteiger charge is -2.11. The number of anilines is 1. The molecule has 0 radical (unpaired) electrons. The number of furan rings is 1. The van der Waals surface area contributed by atoms with Gasteiger partial charge in [0.15, 0.2) is 5.76 Å². The Morgan fingerprint density at radius 2 is 1.70 bits per heavy atom. The van der Waals surface area contributed by atoms with Crippen LogP contribution < -0.4 is 10.6 Å². The number of nitrogens with one attached hydrogen (secondary N) is 2. The molecule has 0 fully saturated rings. The summed E-state index contributed by atoms with van der Waals surface area (Å²) in [5.41, 5.74) is 2.50. The van der Waals surface area contributed by atoms with Gasteiger partial charge >= 0.3 is 0 Å². The Kier molecular flexibility index (Phi) is 5.74. The lowest BCUT2D eigenvalue weighted by molar-refractivity contribution is -0.113. The molecule has 3 rings (SSSR count). The van der Waals surface area contributed by atoms with E-state index in [0.717, 1.165) is 5.56 Å². The van der Waals surface area contributed by atoms with Crippen molar-refractivity contribution in [3.8, 4) is 0 Å². The van der Waals surface area contributed by atoms with Crippen LogP contribution >= 0.6 is 11.6 Å². The standard InChI is InChI=1S/C21H17ClN2O3/c1-14-4-10-17(11-5-14)23-20(25)18(13-15-6-8-16(22)9-7-15)24-21(26)19-3-2-12-27-19/h2-13H,1H3,(H,23,25)(H,24,26)/b18-13-. The van der Waals surface area contributed by atoms with E-state index in [0.29, 0.717) is 16.3 Å². The number of amides is 2. The third-order valence-electron chi connectivity index (χ3n) is 3.73. The zero-order valence-corrected chi connectivity index (χ0v) is 15.3. The van der Waals surface area contributed by atoms with Crippen LogP contribution in [0.1, 0.15) is 21.7 Å². The van der Waals surface area contributed by atoms with E-state index in [2.05, 4.69) is 10.6 Å². The molecule has 2 aromatic carbocycles. The molecule has 27 heavy (non-hydrogen) atoms. The molecule has 136 valence electrons. The average Bonchev–Trinajstić information content (AvgIpc) is 3.19. The topological polar surface area (TPSA) is 71.3 Å². The number of hydrogen-bond acceptors (Lipinski definition) is 3. The van der Waals surface area contributed by atoms with Crippen molar-refractivity contribution >= 4 is 35.2 Å².